The smallest absolute Gasteiger partial charge is 0.744 e. The van der Waals surface area contributed by atoms with Gasteiger partial charge < -0.3 is 30.9 Å². The molecule has 2 radical (unpaired) electrons. The molecule has 0 spiro atoms. The van der Waals surface area contributed by atoms with E-state index in [0.717, 1.165) is 18.2 Å². The molecule has 0 aliphatic carbocycles. The Morgan fingerprint density at radius 3 is 0.794 bits per heavy atom. The van der Waals surface area contributed by atoms with Crippen LogP contribution in [0, 0.1) is 0 Å². The van der Waals surface area contributed by atoms with Gasteiger partial charge in [0.05, 0.1) is 14.7 Å². The number of nitrogen functional groups attached to an aromatic ring is 3. The normalized spacial score (nSPS) is 11.0. The molecule has 6 N–H and O–H groups in total. The van der Waals surface area contributed by atoms with Gasteiger partial charge in [-0.05, 0) is 54.6 Å². The van der Waals surface area contributed by atoms with E-state index in [9.17, 15) is 38.9 Å². The second-order valence-corrected chi connectivity index (χ2v) is 10.2. The van der Waals surface area contributed by atoms with Crippen molar-refractivity contribution in [2.45, 2.75) is 14.7 Å². The van der Waals surface area contributed by atoms with Gasteiger partial charge in [-0.25, -0.2) is 25.3 Å². The van der Waals surface area contributed by atoms with Crippen molar-refractivity contribution in [1.82, 2.24) is 0 Å². The quantitative estimate of drug-likeness (QED) is 0.185. The Morgan fingerprint density at radius 2 is 0.676 bits per heavy atom. The zero-order chi connectivity index (χ0) is 25.4. The van der Waals surface area contributed by atoms with Gasteiger partial charge in [-0.3, -0.25) is 0 Å². The van der Waals surface area contributed by atoms with Crippen LogP contribution in [-0.4, -0.2) is 65.1 Å². The zero-order valence-corrected chi connectivity index (χ0v) is 22.9. The minimum atomic E-state index is -4.36. The number of anilines is 3. The summed E-state index contributed by atoms with van der Waals surface area (Å²) in [6.07, 6.45) is 0. The molecule has 0 unspecified atom stereocenters. The molecule has 12 nitrogen and oxygen atoms in total. The SMILES string of the molecule is Nc1cccc(S(=O)(=O)[O-])c1.Nc1cccc(S(=O)(=O)[O-])c1.Nc1cccc(S(=O)(=O)[O-])c1.[Bi+3]. The minimum Gasteiger partial charge on any atom is -0.744 e. The average molecular weight is 726 g/mol. The fraction of sp³-hybridized carbons (Fsp3) is 0. The number of nitrogens with two attached hydrogens (primary N) is 3. The van der Waals surface area contributed by atoms with Crippen LogP contribution in [0.5, 0.6) is 0 Å². The van der Waals surface area contributed by atoms with Gasteiger partial charge in [-0.1, -0.05) is 18.2 Å². The van der Waals surface area contributed by atoms with E-state index in [-0.39, 0.29) is 58.0 Å². The van der Waals surface area contributed by atoms with Crippen molar-refractivity contribution >= 4 is 73.6 Å². The molecule has 0 aromatic heterocycles. The van der Waals surface area contributed by atoms with E-state index in [2.05, 4.69) is 0 Å². The maximum atomic E-state index is 10.4. The predicted octanol–water partition coefficient (Wildman–Crippen LogP) is 0.138. The van der Waals surface area contributed by atoms with Crippen molar-refractivity contribution in [2.75, 3.05) is 17.2 Å². The van der Waals surface area contributed by atoms with E-state index in [1.54, 1.807) is 0 Å². The van der Waals surface area contributed by atoms with Crippen molar-refractivity contribution in [3.8, 4) is 0 Å². The fourth-order valence-electron chi connectivity index (χ4n) is 2.01. The number of rotatable bonds is 3. The molecule has 0 atom stereocenters. The Bertz CT molecular complexity index is 1250. The predicted molar refractivity (Wildman–Crippen MR) is 122 cm³/mol. The first-order valence-electron chi connectivity index (χ1n) is 8.44. The van der Waals surface area contributed by atoms with Crippen LogP contribution < -0.4 is 17.2 Å². The molecule has 0 aliphatic heterocycles. The van der Waals surface area contributed by atoms with Gasteiger partial charge in [0, 0.05) is 17.1 Å². The Hall–Kier alpha value is -2.33. The van der Waals surface area contributed by atoms with Crippen molar-refractivity contribution in [2.24, 2.45) is 0 Å². The summed E-state index contributed by atoms with van der Waals surface area (Å²) in [4.78, 5) is -0.882. The van der Waals surface area contributed by atoms with Crippen LogP contribution in [0.3, 0.4) is 0 Å². The van der Waals surface area contributed by atoms with E-state index in [0.29, 0.717) is 0 Å². The topological polar surface area (TPSA) is 250 Å². The third-order valence-electron chi connectivity index (χ3n) is 3.44. The molecule has 0 saturated heterocycles. The summed E-state index contributed by atoms with van der Waals surface area (Å²) in [7, 11) is -13.1. The molecule has 0 amide bonds. The third kappa shape index (κ3) is 11.7. The summed E-state index contributed by atoms with van der Waals surface area (Å²) < 4.78 is 93.4. The molecule has 0 saturated carbocycles. The summed E-state index contributed by atoms with van der Waals surface area (Å²) in [5.41, 5.74) is 16.6. The van der Waals surface area contributed by atoms with E-state index < -0.39 is 30.4 Å². The first-order chi connectivity index (χ1) is 15.0. The molecule has 0 fully saturated rings. The van der Waals surface area contributed by atoms with Crippen LogP contribution in [0.4, 0.5) is 17.1 Å². The monoisotopic (exact) mass is 725 g/mol. The van der Waals surface area contributed by atoms with Crippen LogP contribution >= 0.6 is 0 Å². The molecule has 0 bridgehead atoms. The fourth-order valence-corrected chi connectivity index (χ4v) is 3.59. The first kappa shape index (κ1) is 31.7. The number of hydrogen-bond acceptors (Lipinski definition) is 12. The van der Waals surface area contributed by atoms with Crippen LogP contribution in [0.25, 0.3) is 0 Å². The Morgan fingerprint density at radius 1 is 0.471 bits per heavy atom. The average Bonchev–Trinajstić information content (AvgIpc) is 2.67. The van der Waals surface area contributed by atoms with Gasteiger partial charge in [-0.15, -0.1) is 0 Å². The molecule has 3 rings (SSSR count). The molecule has 3 aromatic rings. The second kappa shape index (κ2) is 12.9. The van der Waals surface area contributed by atoms with E-state index >= 15 is 0 Å². The Labute approximate surface area is 216 Å². The molecule has 16 heteroatoms. The molecule has 34 heavy (non-hydrogen) atoms. The van der Waals surface area contributed by atoms with E-state index in [4.69, 9.17) is 17.2 Å². The van der Waals surface area contributed by atoms with Crippen molar-refractivity contribution < 1.29 is 38.9 Å². The number of benzene rings is 3. The summed E-state index contributed by atoms with van der Waals surface area (Å²) in [5.74, 6) is 0. The largest absolute Gasteiger partial charge is 3.00 e. The summed E-state index contributed by atoms with van der Waals surface area (Å²) in [6.45, 7) is 0. The van der Waals surface area contributed by atoms with Crippen molar-refractivity contribution in [1.29, 1.82) is 0 Å². The van der Waals surface area contributed by atoms with Gasteiger partial charge in [-0.2, -0.15) is 0 Å². The van der Waals surface area contributed by atoms with Gasteiger partial charge >= 0.3 is 26.2 Å². The molecule has 0 heterocycles. The van der Waals surface area contributed by atoms with Crippen molar-refractivity contribution in [3.05, 3.63) is 72.8 Å². The summed E-state index contributed by atoms with van der Waals surface area (Å²) in [6, 6.07) is 15.8. The van der Waals surface area contributed by atoms with Gasteiger partial charge in [0.15, 0.2) is 0 Å². The molecule has 3 aromatic carbocycles. The molecular formula is C18H18BiN3O9S3. The first-order valence-corrected chi connectivity index (χ1v) is 12.7. The van der Waals surface area contributed by atoms with E-state index in [1.165, 1.54) is 54.6 Å². The third-order valence-corrected chi connectivity index (χ3v) is 5.93. The number of hydrogen-bond donors (Lipinski definition) is 3. The van der Waals surface area contributed by atoms with Crippen LogP contribution in [0.1, 0.15) is 0 Å². The second-order valence-electron chi connectivity index (χ2n) is 6.08. The van der Waals surface area contributed by atoms with Crippen LogP contribution in [0.2, 0.25) is 0 Å². The molecular weight excluding hydrogens is 707 g/mol. The van der Waals surface area contributed by atoms with Gasteiger partial charge in [0.2, 0.25) is 0 Å². The zero-order valence-electron chi connectivity index (χ0n) is 17.0. The summed E-state index contributed by atoms with van der Waals surface area (Å²) in [5, 5.41) is 0. The minimum absolute atomic E-state index is 0. The molecule has 182 valence electrons. The maximum absolute atomic E-state index is 10.4. The van der Waals surface area contributed by atoms with E-state index in [1.807, 2.05) is 0 Å². The van der Waals surface area contributed by atoms with Gasteiger partial charge in [0.25, 0.3) is 0 Å². The standard InChI is InChI=1S/3C6H7NO3S.Bi/c3*7-5-2-1-3-6(4-5)11(8,9)10;/h3*1-4H,7H2,(H,8,9,10);/q;;;+3/p-3. The Balaban J connectivity index is 0.000000473. The molecule has 0 aliphatic rings. The maximum Gasteiger partial charge on any atom is 3.00 e. The van der Waals surface area contributed by atoms with Crippen LogP contribution in [0.15, 0.2) is 87.5 Å². The Kier molecular flexibility index (Phi) is 12.1. The summed E-state index contributed by atoms with van der Waals surface area (Å²) >= 11 is 0. The van der Waals surface area contributed by atoms with Gasteiger partial charge in [0.1, 0.15) is 30.4 Å². The van der Waals surface area contributed by atoms with Crippen LogP contribution in [-0.2, 0) is 30.4 Å². The van der Waals surface area contributed by atoms with Crippen molar-refractivity contribution in [3.63, 3.8) is 0 Å².